The van der Waals surface area contributed by atoms with Crippen molar-refractivity contribution in [2.24, 2.45) is 10.4 Å². The van der Waals surface area contributed by atoms with Gasteiger partial charge in [-0.2, -0.15) is 0 Å². The summed E-state index contributed by atoms with van der Waals surface area (Å²) in [4.78, 5) is 4.39. The van der Waals surface area contributed by atoms with Crippen molar-refractivity contribution < 1.29 is 0 Å². The van der Waals surface area contributed by atoms with E-state index in [1.807, 2.05) is 19.3 Å². The summed E-state index contributed by atoms with van der Waals surface area (Å²) in [7, 11) is 1.88. The van der Waals surface area contributed by atoms with Crippen LogP contribution in [0, 0.1) is 24.7 Å². The summed E-state index contributed by atoms with van der Waals surface area (Å²) < 4.78 is 0. The highest BCUT2D eigenvalue weighted by atomic mass is 15.0. The van der Waals surface area contributed by atoms with Gasteiger partial charge in [-0.1, -0.05) is 111 Å². The average molecular weight is 437 g/mol. The third-order valence-electron chi connectivity index (χ3n) is 6.09. The molecule has 0 saturated heterocycles. The average Bonchev–Trinajstić information content (AvgIpc) is 2.82. The molecule has 0 aliphatic rings. The number of rotatable bonds is 11. The van der Waals surface area contributed by atoms with Crippen molar-refractivity contribution in [2.75, 3.05) is 13.7 Å². The first kappa shape index (κ1) is 25.8. The molecule has 0 aliphatic carbocycles. The van der Waals surface area contributed by atoms with Crippen molar-refractivity contribution in [3.63, 3.8) is 0 Å². The fourth-order valence-electron chi connectivity index (χ4n) is 3.91. The van der Waals surface area contributed by atoms with Gasteiger partial charge in [0.05, 0.1) is 6.67 Å². The second-order valence-electron chi connectivity index (χ2n) is 8.64. The molecule has 0 heterocycles. The van der Waals surface area contributed by atoms with E-state index >= 15 is 0 Å². The Kier molecular flexibility index (Phi) is 9.85. The fraction of sp³-hybridized carbons (Fsp3) is 0.258. The van der Waals surface area contributed by atoms with Gasteiger partial charge in [0.25, 0.3) is 0 Å². The maximum absolute atomic E-state index is 5.75. The van der Waals surface area contributed by atoms with Crippen LogP contribution in [0.15, 0.2) is 96.6 Å². The van der Waals surface area contributed by atoms with Gasteiger partial charge in [-0.3, -0.25) is 4.99 Å². The molecule has 0 spiro atoms. The van der Waals surface area contributed by atoms with Gasteiger partial charge in [-0.25, -0.2) is 0 Å². The lowest BCUT2D eigenvalue weighted by Gasteiger charge is -2.34. The number of nitrogens with one attached hydrogen (secondary N) is 1. The SMILES string of the molecule is C#C/C(C=C)=C/C(C)(Cc1ccc(C(/C=N\CNC)=C/C=C)cc1)[C@@H](C)c1ccc(C)cc1. The summed E-state index contributed by atoms with van der Waals surface area (Å²) >= 11 is 0. The lowest BCUT2D eigenvalue weighted by atomic mass is 9.69. The maximum atomic E-state index is 5.75. The molecule has 1 N–H and O–H groups in total. The Bertz CT molecular complexity index is 1060. The Labute approximate surface area is 200 Å². The quantitative estimate of drug-likeness (QED) is 0.231. The highest BCUT2D eigenvalue weighted by Gasteiger charge is 2.31. The van der Waals surface area contributed by atoms with Gasteiger partial charge < -0.3 is 5.32 Å². The van der Waals surface area contributed by atoms with Crippen molar-refractivity contribution in [3.8, 4) is 12.3 Å². The van der Waals surface area contributed by atoms with Crippen LogP contribution in [-0.2, 0) is 6.42 Å². The summed E-state index contributed by atoms with van der Waals surface area (Å²) in [5.41, 5.74) is 6.60. The van der Waals surface area contributed by atoms with E-state index in [0.29, 0.717) is 6.67 Å². The predicted octanol–water partition coefficient (Wildman–Crippen LogP) is 6.91. The van der Waals surface area contributed by atoms with Crippen LogP contribution < -0.4 is 5.32 Å². The minimum Gasteiger partial charge on any atom is -0.301 e. The van der Waals surface area contributed by atoms with Crippen molar-refractivity contribution in [1.82, 2.24) is 5.32 Å². The number of aryl methyl sites for hydroxylation is 1. The molecule has 0 radical (unpaired) electrons. The van der Waals surface area contributed by atoms with Crippen molar-refractivity contribution in [1.29, 1.82) is 0 Å². The molecule has 0 bridgehead atoms. The van der Waals surface area contributed by atoms with Gasteiger partial charge in [-0.05, 0) is 54.0 Å². The van der Waals surface area contributed by atoms with Crippen LogP contribution in [0.1, 0.15) is 42.0 Å². The van der Waals surface area contributed by atoms with Crippen LogP contribution in [0.4, 0.5) is 0 Å². The summed E-state index contributed by atoms with van der Waals surface area (Å²) in [5, 5.41) is 3.03. The third-order valence-corrected chi connectivity index (χ3v) is 6.09. The van der Waals surface area contributed by atoms with E-state index < -0.39 is 0 Å². The molecule has 0 aliphatic heterocycles. The van der Waals surface area contributed by atoms with Gasteiger partial charge in [0, 0.05) is 11.8 Å². The van der Waals surface area contributed by atoms with E-state index in [1.54, 1.807) is 12.2 Å². The number of allylic oxidation sites excluding steroid dienone is 6. The van der Waals surface area contributed by atoms with Crippen molar-refractivity contribution in [2.45, 2.75) is 33.1 Å². The van der Waals surface area contributed by atoms with Crippen molar-refractivity contribution >= 4 is 11.8 Å². The Hall–Kier alpha value is -3.41. The number of aliphatic imine (C=N–C) groups is 1. The molecule has 2 atom stereocenters. The molecular weight excluding hydrogens is 400 g/mol. The van der Waals surface area contributed by atoms with Crippen LogP contribution in [0.25, 0.3) is 5.57 Å². The molecule has 2 heteroatoms. The molecule has 2 rings (SSSR count). The fourth-order valence-corrected chi connectivity index (χ4v) is 3.91. The molecule has 0 fully saturated rings. The van der Waals surface area contributed by atoms with Gasteiger partial charge in [0.1, 0.15) is 0 Å². The van der Waals surface area contributed by atoms with Crippen LogP contribution >= 0.6 is 0 Å². The number of benzene rings is 2. The van der Waals surface area contributed by atoms with Crippen LogP contribution in [0.5, 0.6) is 0 Å². The van der Waals surface area contributed by atoms with Crippen molar-refractivity contribution in [3.05, 3.63) is 114 Å². The Balaban J connectivity index is 2.40. The van der Waals surface area contributed by atoms with Gasteiger partial charge in [0.15, 0.2) is 0 Å². The van der Waals surface area contributed by atoms with Crippen LogP contribution in [0.3, 0.4) is 0 Å². The Morgan fingerprint density at radius 2 is 1.82 bits per heavy atom. The van der Waals surface area contributed by atoms with E-state index in [4.69, 9.17) is 6.42 Å². The number of hydrogen-bond donors (Lipinski definition) is 1. The second kappa shape index (κ2) is 12.6. The number of nitrogens with zero attached hydrogens (tertiary/aromatic N) is 1. The smallest absolute Gasteiger partial charge is 0.0882 e. The predicted molar refractivity (Wildman–Crippen MR) is 146 cm³/mol. The minimum atomic E-state index is -0.180. The summed E-state index contributed by atoms with van der Waals surface area (Å²) in [6.45, 7) is 15.0. The first-order valence-corrected chi connectivity index (χ1v) is 11.3. The zero-order chi connectivity index (χ0) is 24.3. The lowest BCUT2D eigenvalue weighted by molar-refractivity contribution is 0.350. The standard InChI is InChI=1S/C31H36N2/c1-8-11-30(22-33-23-32-7)29-18-14-27(15-19-29)21-31(6,20-26(9-2)10-3)25(5)28-16-12-24(4)13-17-28/h2,8,10-20,22,25,32H,1,3,21,23H2,4-7H3/b26-20-,30-11+,33-22-/t25-,31?/m0/s1. The normalized spacial score (nSPS) is 15.0. The molecule has 170 valence electrons. The largest absolute Gasteiger partial charge is 0.301 e. The zero-order valence-electron chi connectivity index (χ0n) is 20.4. The third kappa shape index (κ3) is 7.31. The number of terminal acetylenes is 1. The Morgan fingerprint density at radius 1 is 1.15 bits per heavy atom. The second-order valence-corrected chi connectivity index (χ2v) is 8.64. The van der Waals surface area contributed by atoms with E-state index in [2.05, 4.69) is 105 Å². The molecule has 33 heavy (non-hydrogen) atoms. The summed E-state index contributed by atoms with van der Waals surface area (Å²) in [6, 6.07) is 17.4. The molecule has 2 aromatic rings. The molecule has 0 amide bonds. The van der Waals surface area contributed by atoms with Crippen LogP contribution in [0.2, 0.25) is 0 Å². The minimum absolute atomic E-state index is 0.180. The summed E-state index contributed by atoms with van der Waals surface area (Å²) in [6.07, 6.45) is 16.2. The number of hydrogen-bond acceptors (Lipinski definition) is 2. The molecule has 2 nitrogen and oxygen atoms in total. The molecule has 0 saturated carbocycles. The van der Waals surface area contributed by atoms with E-state index in [0.717, 1.165) is 23.1 Å². The Morgan fingerprint density at radius 3 is 2.36 bits per heavy atom. The van der Waals surface area contributed by atoms with Crippen LogP contribution in [-0.4, -0.2) is 19.9 Å². The zero-order valence-corrected chi connectivity index (χ0v) is 20.4. The molecule has 2 aromatic carbocycles. The monoisotopic (exact) mass is 436 g/mol. The first-order valence-electron chi connectivity index (χ1n) is 11.3. The highest BCUT2D eigenvalue weighted by molar-refractivity contribution is 6.10. The molecule has 0 aromatic heterocycles. The van der Waals surface area contributed by atoms with E-state index in [9.17, 15) is 0 Å². The van der Waals surface area contributed by atoms with Gasteiger partial charge in [0.2, 0.25) is 0 Å². The summed E-state index contributed by atoms with van der Waals surface area (Å²) in [5.74, 6) is 3.05. The lowest BCUT2D eigenvalue weighted by Crippen LogP contribution is -2.25. The van der Waals surface area contributed by atoms with Gasteiger partial charge in [-0.15, -0.1) is 6.42 Å². The maximum Gasteiger partial charge on any atom is 0.0882 e. The molecular formula is C31H36N2. The molecule has 1 unspecified atom stereocenters. The van der Waals surface area contributed by atoms with E-state index in [-0.39, 0.29) is 11.3 Å². The van der Waals surface area contributed by atoms with Gasteiger partial charge >= 0.3 is 0 Å². The highest BCUT2D eigenvalue weighted by Crippen LogP contribution is 2.41. The van der Waals surface area contributed by atoms with E-state index in [1.165, 1.54) is 16.7 Å². The first-order chi connectivity index (χ1) is 15.9. The topological polar surface area (TPSA) is 24.4 Å².